The van der Waals surface area contributed by atoms with Gasteiger partial charge in [0.15, 0.2) is 0 Å². The Morgan fingerprint density at radius 1 is 1.29 bits per heavy atom. The highest BCUT2D eigenvalue weighted by Gasteiger charge is 2.22. The molecular weight excluding hydrogens is 221 g/mol. The van der Waals surface area contributed by atoms with Crippen molar-refractivity contribution in [3.8, 4) is 0 Å². The van der Waals surface area contributed by atoms with Gasteiger partial charge in [-0.2, -0.15) is 0 Å². The Hall–Kier alpha value is -1.46. The Morgan fingerprint density at radius 2 is 2.00 bits per heavy atom. The van der Waals surface area contributed by atoms with Crippen LogP contribution in [0.3, 0.4) is 0 Å². The summed E-state index contributed by atoms with van der Waals surface area (Å²) < 4.78 is 12.7. The third-order valence-electron chi connectivity index (χ3n) is 2.77. The summed E-state index contributed by atoms with van der Waals surface area (Å²) in [5.74, 6) is -0.412. The van der Waals surface area contributed by atoms with Crippen molar-refractivity contribution in [2.75, 3.05) is 18.4 Å². The van der Waals surface area contributed by atoms with Gasteiger partial charge in [-0.15, -0.1) is 0 Å². The number of hydrogen-bond acceptors (Lipinski definition) is 3. The third-order valence-corrected chi connectivity index (χ3v) is 2.77. The monoisotopic (exact) mass is 237 g/mol. The van der Waals surface area contributed by atoms with Crippen molar-refractivity contribution in [1.29, 1.82) is 0 Å². The lowest BCUT2D eigenvalue weighted by molar-refractivity contribution is -0.118. The van der Waals surface area contributed by atoms with Gasteiger partial charge in [0.1, 0.15) is 5.82 Å². The fraction of sp³-hybridized carbons (Fsp3) is 0.417. The molecule has 1 aliphatic heterocycles. The van der Waals surface area contributed by atoms with Crippen LogP contribution in [0.1, 0.15) is 6.92 Å². The van der Waals surface area contributed by atoms with Crippen molar-refractivity contribution in [3.05, 3.63) is 30.1 Å². The summed E-state index contributed by atoms with van der Waals surface area (Å²) in [5, 5.41) is 9.12. The van der Waals surface area contributed by atoms with Crippen molar-refractivity contribution in [2.24, 2.45) is 0 Å². The molecule has 1 aromatic carbocycles. The van der Waals surface area contributed by atoms with Gasteiger partial charge in [-0.3, -0.25) is 4.79 Å². The minimum Gasteiger partial charge on any atom is -0.325 e. The van der Waals surface area contributed by atoms with E-state index in [9.17, 15) is 9.18 Å². The SMILES string of the molecule is CC1CNC(C(=O)Nc2ccc(F)cc2)CN1. The first kappa shape index (κ1) is 12.0. The molecule has 17 heavy (non-hydrogen) atoms. The molecule has 1 amide bonds. The number of anilines is 1. The van der Waals surface area contributed by atoms with E-state index in [1.165, 1.54) is 12.1 Å². The molecule has 1 saturated heterocycles. The van der Waals surface area contributed by atoms with Crippen LogP contribution in [0.2, 0.25) is 0 Å². The van der Waals surface area contributed by atoms with Gasteiger partial charge in [0.2, 0.25) is 5.91 Å². The highest BCUT2D eigenvalue weighted by atomic mass is 19.1. The first-order valence-electron chi connectivity index (χ1n) is 5.68. The van der Waals surface area contributed by atoms with Crippen LogP contribution in [0.4, 0.5) is 10.1 Å². The lowest BCUT2D eigenvalue weighted by atomic mass is 10.1. The van der Waals surface area contributed by atoms with E-state index in [1.807, 2.05) is 0 Å². The van der Waals surface area contributed by atoms with E-state index >= 15 is 0 Å². The lowest BCUT2D eigenvalue weighted by Crippen LogP contribution is -2.57. The number of halogens is 1. The summed E-state index contributed by atoms with van der Waals surface area (Å²) in [4.78, 5) is 11.9. The number of amides is 1. The van der Waals surface area contributed by atoms with E-state index in [4.69, 9.17) is 0 Å². The standard InChI is InChI=1S/C12H16FN3O/c1-8-6-15-11(7-14-8)12(17)16-10-4-2-9(13)3-5-10/h2-5,8,11,14-15H,6-7H2,1H3,(H,16,17). The minimum absolute atomic E-state index is 0.101. The molecule has 3 N–H and O–H groups in total. The van der Waals surface area contributed by atoms with Crippen molar-refractivity contribution >= 4 is 11.6 Å². The summed E-state index contributed by atoms with van der Waals surface area (Å²) >= 11 is 0. The minimum atomic E-state index is -0.311. The quantitative estimate of drug-likeness (QED) is 0.710. The van der Waals surface area contributed by atoms with Gasteiger partial charge in [-0.25, -0.2) is 4.39 Å². The number of nitrogens with one attached hydrogen (secondary N) is 3. The zero-order chi connectivity index (χ0) is 12.3. The average Bonchev–Trinajstić information content (AvgIpc) is 2.33. The van der Waals surface area contributed by atoms with Crippen LogP contribution < -0.4 is 16.0 Å². The van der Waals surface area contributed by atoms with E-state index in [0.717, 1.165) is 6.54 Å². The normalized spacial score (nSPS) is 24.4. The van der Waals surface area contributed by atoms with Gasteiger partial charge in [0.25, 0.3) is 0 Å². The molecule has 1 aromatic rings. The van der Waals surface area contributed by atoms with Crippen LogP contribution in [-0.2, 0) is 4.79 Å². The molecule has 0 aliphatic carbocycles. The largest absolute Gasteiger partial charge is 0.325 e. The zero-order valence-corrected chi connectivity index (χ0v) is 9.66. The third kappa shape index (κ3) is 3.25. The second kappa shape index (κ2) is 5.25. The number of rotatable bonds is 2. The molecule has 1 aliphatic rings. The summed E-state index contributed by atoms with van der Waals surface area (Å²) in [6, 6.07) is 5.88. The summed E-state index contributed by atoms with van der Waals surface area (Å²) in [5.41, 5.74) is 0.608. The van der Waals surface area contributed by atoms with E-state index in [0.29, 0.717) is 18.3 Å². The van der Waals surface area contributed by atoms with Crippen LogP contribution in [0.15, 0.2) is 24.3 Å². The predicted molar refractivity (Wildman–Crippen MR) is 64.3 cm³/mol. The Kier molecular flexibility index (Phi) is 3.71. The molecule has 0 radical (unpaired) electrons. The molecule has 2 unspecified atom stereocenters. The predicted octanol–water partition coefficient (Wildman–Crippen LogP) is 0.714. The molecule has 2 rings (SSSR count). The van der Waals surface area contributed by atoms with E-state index < -0.39 is 0 Å². The summed E-state index contributed by atoms with van der Waals surface area (Å²) in [6.07, 6.45) is 0. The first-order valence-corrected chi connectivity index (χ1v) is 5.68. The smallest absolute Gasteiger partial charge is 0.242 e. The Labute approximate surface area is 99.6 Å². The van der Waals surface area contributed by atoms with Gasteiger partial charge in [0.05, 0.1) is 6.04 Å². The second-order valence-electron chi connectivity index (χ2n) is 4.27. The molecule has 4 nitrogen and oxygen atoms in total. The van der Waals surface area contributed by atoms with Crippen LogP contribution >= 0.6 is 0 Å². The van der Waals surface area contributed by atoms with Crippen LogP contribution in [0.25, 0.3) is 0 Å². The molecule has 0 saturated carbocycles. The topological polar surface area (TPSA) is 53.2 Å². The number of hydrogen-bond donors (Lipinski definition) is 3. The van der Waals surface area contributed by atoms with Crippen molar-refractivity contribution in [1.82, 2.24) is 10.6 Å². The second-order valence-corrected chi connectivity index (χ2v) is 4.27. The summed E-state index contributed by atoms with van der Waals surface area (Å²) in [6.45, 7) is 3.43. The maximum atomic E-state index is 12.7. The van der Waals surface area contributed by atoms with Crippen molar-refractivity contribution < 1.29 is 9.18 Å². The summed E-state index contributed by atoms with van der Waals surface area (Å²) in [7, 11) is 0. The van der Waals surface area contributed by atoms with E-state index in [2.05, 4.69) is 22.9 Å². The Bertz CT molecular complexity index is 385. The molecule has 2 atom stereocenters. The number of benzene rings is 1. The zero-order valence-electron chi connectivity index (χ0n) is 9.66. The van der Waals surface area contributed by atoms with E-state index in [1.54, 1.807) is 12.1 Å². The van der Waals surface area contributed by atoms with Gasteiger partial charge >= 0.3 is 0 Å². The van der Waals surface area contributed by atoms with Crippen molar-refractivity contribution in [3.63, 3.8) is 0 Å². The molecular formula is C12H16FN3O. The van der Waals surface area contributed by atoms with Crippen LogP contribution in [0, 0.1) is 5.82 Å². The fourth-order valence-electron chi connectivity index (χ4n) is 1.73. The van der Waals surface area contributed by atoms with Gasteiger partial charge < -0.3 is 16.0 Å². The average molecular weight is 237 g/mol. The molecule has 1 heterocycles. The Morgan fingerprint density at radius 3 is 2.59 bits per heavy atom. The first-order chi connectivity index (χ1) is 8.15. The number of carbonyl (C=O) groups excluding carboxylic acids is 1. The van der Waals surface area contributed by atoms with Crippen LogP contribution in [0.5, 0.6) is 0 Å². The molecule has 0 aromatic heterocycles. The van der Waals surface area contributed by atoms with Gasteiger partial charge in [-0.05, 0) is 31.2 Å². The highest BCUT2D eigenvalue weighted by molar-refractivity contribution is 5.95. The number of carbonyl (C=O) groups is 1. The van der Waals surface area contributed by atoms with Gasteiger partial charge in [0, 0.05) is 24.8 Å². The van der Waals surface area contributed by atoms with Gasteiger partial charge in [-0.1, -0.05) is 0 Å². The molecule has 92 valence electrons. The maximum Gasteiger partial charge on any atom is 0.242 e. The lowest BCUT2D eigenvalue weighted by Gasteiger charge is -2.28. The maximum absolute atomic E-state index is 12.7. The number of piperazine rings is 1. The fourth-order valence-corrected chi connectivity index (χ4v) is 1.73. The Balaban J connectivity index is 1.90. The highest BCUT2D eigenvalue weighted by Crippen LogP contribution is 2.08. The van der Waals surface area contributed by atoms with Crippen molar-refractivity contribution in [2.45, 2.75) is 19.0 Å². The molecule has 0 spiro atoms. The van der Waals surface area contributed by atoms with E-state index in [-0.39, 0.29) is 17.8 Å². The molecule has 0 bridgehead atoms. The molecule has 5 heteroatoms. The van der Waals surface area contributed by atoms with Crippen LogP contribution in [-0.4, -0.2) is 31.1 Å². The molecule has 1 fully saturated rings.